The molecule has 0 radical (unpaired) electrons. The van der Waals surface area contributed by atoms with Crippen LogP contribution in [0.1, 0.15) is 29.8 Å². The molecule has 0 aromatic heterocycles. The van der Waals surface area contributed by atoms with Crippen LogP contribution in [0.3, 0.4) is 0 Å². The van der Waals surface area contributed by atoms with Gasteiger partial charge in [-0.25, -0.2) is 0 Å². The number of rotatable bonds is 1. The molecule has 1 amide bonds. The molecule has 1 aromatic rings. The molecule has 1 aromatic carbocycles. The second-order valence-electron chi connectivity index (χ2n) is 7.47. The standard InChI is InChI=1S/C18H27N3O/c1-14-5-7-15(8-6-14)17(22)20-9-10-21-16(12-20)11-19(4)13-18(21,2)3/h5-8,16H,9-13H2,1-4H3/t16-/m1/s1. The number of carbonyl (C=O) groups is 1. The zero-order chi connectivity index (χ0) is 15.9. The lowest BCUT2D eigenvalue weighted by Crippen LogP contribution is -2.69. The molecule has 4 nitrogen and oxygen atoms in total. The van der Waals surface area contributed by atoms with Crippen molar-refractivity contribution in [1.29, 1.82) is 0 Å². The highest BCUT2D eigenvalue weighted by Crippen LogP contribution is 2.27. The molecule has 2 heterocycles. The van der Waals surface area contributed by atoms with Crippen LogP contribution in [0, 0.1) is 6.92 Å². The quantitative estimate of drug-likeness (QED) is 0.792. The second kappa shape index (κ2) is 5.67. The summed E-state index contributed by atoms with van der Waals surface area (Å²) in [6, 6.07) is 8.36. The fraction of sp³-hybridized carbons (Fsp3) is 0.611. The zero-order valence-electron chi connectivity index (χ0n) is 14.2. The first kappa shape index (κ1) is 15.5. The number of carbonyl (C=O) groups excluding carboxylic acids is 1. The Morgan fingerprint density at radius 3 is 2.50 bits per heavy atom. The maximum absolute atomic E-state index is 12.7. The third-order valence-corrected chi connectivity index (χ3v) is 5.03. The summed E-state index contributed by atoms with van der Waals surface area (Å²) in [4.78, 5) is 19.7. The number of piperazine rings is 2. The summed E-state index contributed by atoms with van der Waals surface area (Å²) in [5, 5.41) is 0. The molecular formula is C18H27N3O. The number of benzene rings is 1. The third kappa shape index (κ3) is 2.90. The van der Waals surface area contributed by atoms with E-state index in [0.29, 0.717) is 6.04 Å². The van der Waals surface area contributed by atoms with Crippen LogP contribution >= 0.6 is 0 Å². The van der Waals surface area contributed by atoms with Crippen LogP contribution in [0.5, 0.6) is 0 Å². The smallest absolute Gasteiger partial charge is 0.253 e. The Hall–Kier alpha value is -1.39. The predicted molar refractivity (Wildman–Crippen MR) is 89.2 cm³/mol. The van der Waals surface area contributed by atoms with Gasteiger partial charge in [0.05, 0.1) is 0 Å². The van der Waals surface area contributed by atoms with Gasteiger partial charge in [0.25, 0.3) is 5.91 Å². The maximum atomic E-state index is 12.7. The second-order valence-corrected chi connectivity index (χ2v) is 7.47. The number of hydrogen-bond donors (Lipinski definition) is 0. The molecule has 1 atom stereocenters. The van der Waals surface area contributed by atoms with Crippen LogP contribution in [-0.2, 0) is 0 Å². The molecule has 0 N–H and O–H groups in total. The third-order valence-electron chi connectivity index (χ3n) is 5.03. The zero-order valence-corrected chi connectivity index (χ0v) is 14.2. The van der Waals surface area contributed by atoms with Gasteiger partial charge in [0.2, 0.25) is 0 Å². The number of amides is 1. The van der Waals surface area contributed by atoms with Gasteiger partial charge in [0.1, 0.15) is 0 Å². The molecule has 2 saturated heterocycles. The number of fused-ring (bicyclic) bond motifs is 1. The molecule has 0 saturated carbocycles. The van der Waals surface area contributed by atoms with Gasteiger partial charge in [0, 0.05) is 49.9 Å². The molecule has 3 rings (SSSR count). The fourth-order valence-corrected chi connectivity index (χ4v) is 4.05. The Balaban J connectivity index is 1.73. The Morgan fingerprint density at radius 1 is 1.14 bits per heavy atom. The van der Waals surface area contributed by atoms with Gasteiger partial charge in [-0.05, 0) is 40.0 Å². The Morgan fingerprint density at radius 2 is 1.82 bits per heavy atom. The molecule has 0 aliphatic carbocycles. The predicted octanol–water partition coefficient (Wildman–Crippen LogP) is 1.85. The highest BCUT2D eigenvalue weighted by Gasteiger charge is 2.42. The fourth-order valence-electron chi connectivity index (χ4n) is 4.05. The van der Waals surface area contributed by atoms with E-state index in [2.05, 4.69) is 30.7 Å². The highest BCUT2D eigenvalue weighted by molar-refractivity contribution is 5.94. The Labute approximate surface area is 133 Å². The van der Waals surface area contributed by atoms with Gasteiger partial charge in [-0.3, -0.25) is 9.69 Å². The van der Waals surface area contributed by atoms with Gasteiger partial charge >= 0.3 is 0 Å². The van der Waals surface area contributed by atoms with Crippen molar-refractivity contribution >= 4 is 5.91 Å². The minimum Gasteiger partial charge on any atom is -0.336 e. The first-order valence-corrected chi connectivity index (χ1v) is 8.18. The van der Waals surface area contributed by atoms with Crippen molar-refractivity contribution in [3.8, 4) is 0 Å². The van der Waals surface area contributed by atoms with Crippen LogP contribution in [-0.4, -0.2) is 72.0 Å². The molecule has 120 valence electrons. The van der Waals surface area contributed by atoms with Gasteiger partial charge in [0.15, 0.2) is 0 Å². The van der Waals surface area contributed by atoms with E-state index in [0.717, 1.165) is 38.3 Å². The van der Waals surface area contributed by atoms with Crippen molar-refractivity contribution in [1.82, 2.24) is 14.7 Å². The monoisotopic (exact) mass is 301 g/mol. The van der Waals surface area contributed by atoms with Crippen LogP contribution in [0.4, 0.5) is 0 Å². The molecule has 0 unspecified atom stereocenters. The van der Waals surface area contributed by atoms with Crippen LogP contribution in [0.25, 0.3) is 0 Å². The number of hydrogen-bond acceptors (Lipinski definition) is 3. The Bertz CT molecular complexity index is 552. The van der Waals surface area contributed by atoms with E-state index in [1.54, 1.807) is 0 Å². The summed E-state index contributed by atoms with van der Waals surface area (Å²) in [5.74, 6) is 0.172. The van der Waals surface area contributed by atoms with Crippen molar-refractivity contribution in [2.75, 3.05) is 39.8 Å². The maximum Gasteiger partial charge on any atom is 0.253 e. The Kier molecular flexibility index (Phi) is 4.00. The van der Waals surface area contributed by atoms with E-state index in [1.165, 1.54) is 5.56 Å². The lowest BCUT2D eigenvalue weighted by Gasteiger charge is -2.55. The molecule has 2 aliphatic rings. The first-order chi connectivity index (χ1) is 10.4. The average Bonchev–Trinajstić information content (AvgIpc) is 2.45. The van der Waals surface area contributed by atoms with Crippen molar-refractivity contribution in [3.05, 3.63) is 35.4 Å². The van der Waals surface area contributed by atoms with E-state index in [4.69, 9.17) is 0 Å². The molecule has 0 spiro atoms. The average molecular weight is 301 g/mol. The van der Waals surface area contributed by atoms with Crippen LogP contribution in [0.2, 0.25) is 0 Å². The van der Waals surface area contributed by atoms with Crippen molar-refractivity contribution in [3.63, 3.8) is 0 Å². The summed E-state index contributed by atoms with van der Waals surface area (Å²) < 4.78 is 0. The van der Waals surface area contributed by atoms with E-state index >= 15 is 0 Å². The van der Waals surface area contributed by atoms with Gasteiger partial charge in [-0.15, -0.1) is 0 Å². The summed E-state index contributed by atoms with van der Waals surface area (Å²) >= 11 is 0. The highest BCUT2D eigenvalue weighted by atomic mass is 16.2. The summed E-state index contributed by atoms with van der Waals surface area (Å²) in [6.07, 6.45) is 0. The molecular weight excluding hydrogens is 274 g/mol. The largest absolute Gasteiger partial charge is 0.336 e. The lowest BCUT2D eigenvalue weighted by atomic mass is 9.93. The summed E-state index contributed by atoms with van der Waals surface area (Å²) in [7, 11) is 2.18. The molecule has 2 fully saturated rings. The molecule has 0 bridgehead atoms. The van der Waals surface area contributed by atoms with Crippen LogP contribution < -0.4 is 0 Å². The minimum absolute atomic E-state index is 0.172. The number of likely N-dealkylation sites (N-methyl/N-ethyl adjacent to an activating group) is 1. The van der Waals surface area contributed by atoms with E-state index in [9.17, 15) is 4.79 Å². The SMILES string of the molecule is Cc1ccc(C(=O)N2CCN3[C@H](CN(C)CC3(C)C)C2)cc1. The van der Waals surface area contributed by atoms with Crippen LogP contribution in [0.15, 0.2) is 24.3 Å². The summed E-state index contributed by atoms with van der Waals surface area (Å²) in [6.45, 7) is 11.4. The van der Waals surface area contributed by atoms with Gasteiger partial charge in [-0.1, -0.05) is 17.7 Å². The van der Waals surface area contributed by atoms with Gasteiger partial charge < -0.3 is 9.80 Å². The number of nitrogens with zero attached hydrogens (tertiary/aromatic N) is 3. The molecule has 2 aliphatic heterocycles. The van der Waals surface area contributed by atoms with Crippen molar-refractivity contribution in [2.45, 2.75) is 32.4 Å². The van der Waals surface area contributed by atoms with E-state index in [-0.39, 0.29) is 11.4 Å². The molecule has 4 heteroatoms. The minimum atomic E-state index is 0.172. The first-order valence-electron chi connectivity index (χ1n) is 8.18. The van der Waals surface area contributed by atoms with E-state index in [1.807, 2.05) is 36.1 Å². The summed E-state index contributed by atoms with van der Waals surface area (Å²) in [5.41, 5.74) is 2.19. The van der Waals surface area contributed by atoms with E-state index < -0.39 is 0 Å². The van der Waals surface area contributed by atoms with Crippen molar-refractivity contribution in [2.24, 2.45) is 0 Å². The van der Waals surface area contributed by atoms with Crippen molar-refractivity contribution < 1.29 is 4.79 Å². The number of aryl methyl sites for hydroxylation is 1. The van der Waals surface area contributed by atoms with Gasteiger partial charge in [-0.2, -0.15) is 0 Å². The lowest BCUT2D eigenvalue weighted by molar-refractivity contribution is -0.0518. The molecule has 22 heavy (non-hydrogen) atoms. The topological polar surface area (TPSA) is 26.8 Å². The normalized spacial score (nSPS) is 25.8.